The predicted molar refractivity (Wildman–Crippen MR) is 73.2 cm³/mol. The quantitative estimate of drug-likeness (QED) is 0.343. The third-order valence-electron chi connectivity index (χ3n) is 2.68. The molecule has 0 aromatic rings. The first kappa shape index (κ1) is 17.0. The van der Waals surface area contributed by atoms with Crippen LogP contribution in [0.3, 0.4) is 0 Å². The zero-order chi connectivity index (χ0) is 14.0. The van der Waals surface area contributed by atoms with Crippen molar-refractivity contribution in [1.82, 2.24) is 4.90 Å². The minimum atomic E-state index is -2.54. The average Bonchev–Trinajstić information content (AvgIpc) is 2.42. The van der Waals surface area contributed by atoms with E-state index in [4.69, 9.17) is 13.3 Å². The van der Waals surface area contributed by atoms with Gasteiger partial charge in [0.25, 0.3) is 0 Å². The maximum absolute atomic E-state index is 11.5. The molecule has 0 saturated carbocycles. The molecule has 0 aliphatic rings. The number of hydrogen-bond acceptors (Lipinski definition) is 4. The number of carbonyl (C=O) groups excluding carboxylic acids is 1. The van der Waals surface area contributed by atoms with Crippen molar-refractivity contribution in [3.63, 3.8) is 0 Å². The first-order valence-electron chi connectivity index (χ1n) is 5.76. The average molecular weight is 273 g/mol. The van der Waals surface area contributed by atoms with Crippen LogP contribution in [-0.4, -0.2) is 54.0 Å². The van der Waals surface area contributed by atoms with Gasteiger partial charge in [-0.05, 0) is 12.5 Å². The highest BCUT2D eigenvalue weighted by atomic mass is 28.4. The molecule has 0 saturated heterocycles. The van der Waals surface area contributed by atoms with Gasteiger partial charge in [0.15, 0.2) is 0 Å². The molecule has 0 aliphatic carbocycles. The lowest BCUT2D eigenvalue weighted by Crippen LogP contribution is -2.43. The molecule has 1 amide bonds. The summed E-state index contributed by atoms with van der Waals surface area (Å²) in [7, 11) is 2.20. The second kappa shape index (κ2) is 9.04. The molecule has 0 heterocycles. The Morgan fingerprint density at radius 3 is 2.17 bits per heavy atom. The Labute approximate surface area is 110 Å². The standard InChI is InChI=1S/C12H23NO4Si/c1-6-9-13(12(14)7-2)10-8-11-18(15-3,16-4)17-5/h6-7H,1-2,8-11H2,3-5H3. The molecule has 18 heavy (non-hydrogen) atoms. The lowest BCUT2D eigenvalue weighted by molar-refractivity contribution is -0.125. The Morgan fingerprint density at radius 2 is 1.78 bits per heavy atom. The van der Waals surface area contributed by atoms with Crippen LogP contribution in [0.25, 0.3) is 0 Å². The van der Waals surface area contributed by atoms with Crippen molar-refractivity contribution in [1.29, 1.82) is 0 Å². The lowest BCUT2D eigenvalue weighted by atomic mass is 10.3. The first-order chi connectivity index (χ1) is 8.59. The van der Waals surface area contributed by atoms with Crippen LogP contribution in [0.15, 0.2) is 25.3 Å². The molecule has 5 nitrogen and oxygen atoms in total. The fourth-order valence-corrected chi connectivity index (χ4v) is 3.32. The van der Waals surface area contributed by atoms with E-state index in [2.05, 4.69) is 13.2 Å². The van der Waals surface area contributed by atoms with Crippen LogP contribution in [-0.2, 0) is 18.1 Å². The van der Waals surface area contributed by atoms with Crippen molar-refractivity contribution in [2.75, 3.05) is 34.4 Å². The molecular weight excluding hydrogens is 250 g/mol. The number of nitrogens with zero attached hydrogens (tertiary/aromatic N) is 1. The largest absolute Gasteiger partial charge is 0.500 e. The van der Waals surface area contributed by atoms with Gasteiger partial charge < -0.3 is 18.2 Å². The molecule has 0 bridgehead atoms. The van der Waals surface area contributed by atoms with E-state index in [0.717, 1.165) is 6.42 Å². The highest BCUT2D eigenvalue weighted by Gasteiger charge is 2.37. The molecule has 0 N–H and O–H groups in total. The van der Waals surface area contributed by atoms with Crippen LogP contribution in [0, 0.1) is 0 Å². The Hall–Kier alpha value is -0.953. The maximum Gasteiger partial charge on any atom is 0.500 e. The second-order valence-corrected chi connectivity index (χ2v) is 6.77. The molecule has 6 heteroatoms. The molecule has 0 spiro atoms. The Morgan fingerprint density at radius 1 is 1.22 bits per heavy atom. The Kier molecular flexibility index (Phi) is 8.56. The van der Waals surface area contributed by atoms with Gasteiger partial charge in [0.05, 0.1) is 0 Å². The summed E-state index contributed by atoms with van der Waals surface area (Å²) in [4.78, 5) is 13.2. The van der Waals surface area contributed by atoms with Crippen molar-refractivity contribution < 1.29 is 18.1 Å². The number of rotatable bonds is 10. The highest BCUT2D eigenvalue weighted by Crippen LogP contribution is 2.15. The molecule has 104 valence electrons. The number of amides is 1. The summed E-state index contributed by atoms with van der Waals surface area (Å²) in [6.07, 6.45) is 3.74. The van der Waals surface area contributed by atoms with Gasteiger partial charge in [-0.15, -0.1) is 6.58 Å². The van der Waals surface area contributed by atoms with Crippen molar-refractivity contribution >= 4 is 14.7 Å². The highest BCUT2D eigenvalue weighted by molar-refractivity contribution is 6.60. The summed E-state index contributed by atoms with van der Waals surface area (Å²) in [6, 6.07) is 0.661. The van der Waals surface area contributed by atoms with E-state index in [1.807, 2.05) is 0 Å². The third kappa shape index (κ3) is 5.13. The van der Waals surface area contributed by atoms with Crippen LogP contribution in [0.2, 0.25) is 6.04 Å². The molecule has 0 aromatic heterocycles. The van der Waals surface area contributed by atoms with Gasteiger partial charge in [-0.3, -0.25) is 4.79 Å². The molecule has 0 aromatic carbocycles. The predicted octanol–water partition coefficient (Wildman–Crippen LogP) is 1.46. The van der Waals surface area contributed by atoms with Gasteiger partial charge >= 0.3 is 8.80 Å². The van der Waals surface area contributed by atoms with Crippen molar-refractivity contribution in [3.8, 4) is 0 Å². The molecule has 0 fully saturated rings. The fourth-order valence-electron chi connectivity index (χ4n) is 1.62. The van der Waals surface area contributed by atoms with Gasteiger partial charge in [0, 0.05) is 40.5 Å². The van der Waals surface area contributed by atoms with E-state index in [0.29, 0.717) is 19.1 Å². The van der Waals surface area contributed by atoms with E-state index in [1.54, 1.807) is 32.3 Å². The van der Waals surface area contributed by atoms with Crippen LogP contribution >= 0.6 is 0 Å². The van der Waals surface area contributed by atoms with Crippen molar-refractivity contribution in [3.05, 3.63) is 25.3 Å². The summed E-state index contributed by atoms with van der Waals surface area (Å²) in [6.45, 7) is 8.21. The summed E-state index contributed by atoms with van der Waals surface area (Å²) >= 11 is 0. The zero-order valence-corrected chi connectivity index (χ0v) is 12.5. The van der Waals surface area contributed by atoms with E-state index < -0.39 is 8.80 Å². The smallest absolute Gasteiger partial charge is 0.377 e. The topological polar surface area (TPSA) is 48.0 Å². The minimum absolute atomic E-state index is 0.102. The maximum atomic E-state index is 11.5. The summed E-state index contributed by atoms with van der Waals surface area (Å²) in [5.41, 5.74) is 0. The zero-order valence-electron chi connectivity index (χ0n) is 11.5. The summed E-state index contributed by atoms with van der Waals surface area (Å²) in [5.74, 6) is -0.102. The van der Waals surface area contributed by atoms with Crippen molar-refractivity contribution in [2.24, 2.45) is 0 Å². The molecule has 0 aliphatic heterocycles. The van der Waals surface area contributed by atoms with Crippen LogP contribution in [0.5, 0.6) is 0 Å². The number of carbonyl (C=O) groups is 1. The van der Waals surface area contributed by atoms with E-state index >= 15 is 0 Å². The SMILES string of the molecule is C=CCN(CCC[Si](OC)(OC)OC)C(=O)C=C. The molecule has 0 radical (unpaired) electrons. The van der Waals surface area contributed by atoms with Gasteiger partial charge in [0.2, 0.25) is 5.91 Å². The Bertz CT molecular complexity index is 271. The van der Waals surface area contributed by atoms with Crippen molar-refractivity contribution in [2.45, 2.75) is 12.5 Å². The van der Waals surface area contributed by atoms with E-state index in [9.17, 15) is 4.79 Å². The molecule has 0 atom stereocenters. The third-order valence-corrected chi connectivity index (χ3v) is 5.51. The number of hydrogen-bond donors (Lipinski definition) is 0. The first-order valence-corrected chi connectivity index (χ1v) is 7.70. The van der Waals surface area contributed by atoms with Gasteiger partial charge in [-0.25, -0.2) is 0 Å². The summed E-state index contributed by atoms with van der Waals surface area (Å²) in [5, 5.41) is 0. The van der Waals surface area contributed by atoms with Crippen LogP contribution in [0.1, 0.15) is 6.42 Å². The van der Waals surface area contributed by atoms with Gasteiger partial charge in [-0.1, -0.05) is 12.7 Å². The molecule has 0 rings (SSSR count). The van der Waals surface area contributed by atoms with Gasteiger partial charge in [0.1, 0.15) is 0 Å². The molecule has 0 unspecified atom stereocenters. The monoisotopic (exact) mass is 273 g/mol. The second-order valence-electron chi connectivity index (χ2n) is 3.68. The molecular formula is C12H23NO4Si. The van der Waals surface area contributed by atoms with E-state index in [1.165, 1.54) is 6.08 Å². The van der Waals surface area contributed by atoms with Crippen LogP contribution < -0.4 is 0 Å². The fraction of sp³-hybridized carbons (Fsp3) is 0.583. The normalized spacial score (nSPS) is 11.1. The van der Waals surface area contributed by atoms with Gasteiger partial charge in [-0.2, -0.15) is 0 Å². The van der Waals surface area contributed by atoms with Crippen LogP contribution in [0.4, 0.5) is 0 Å². The lowest BCUT2D eigenvalue weighted by Gasteiger charge is -2.26. The summed E-state index contributed by atoms with van der Waals surface area (Å²) < 4.78 is 15.9. The minimum Gasteiger partial charge on any atom is -0.377 e. The van der Waals surface area contributed by atoms with E-state index in [-0.39, 0.29) is 5.91 Å². The Balaban J connectivity index is 4.31.